The second-order valence-electron chi connectivity index (χ2n) is 6.84. The lowest BCUT2D eigenvalue weighted by atomic mass is 10.0. The summed E-state index contributed by atoms with van der Waals surface area (Å²) in [5, 5.41) is 0. The van der Waals surface area contributed by atoms with Crippen LogP contribution in [0.1, 0.15) is 53.7 Å². The van der Waals surface area contributed by atoms with Gasteiger partial charge >= 0.3 is 5.97 Å². The van der Waals surface area contributed by atoms with Crippen LogP contribution in [-0.4, -0.2) is 31.8 Å². The van der Waals surface area contributed by atoms with E-state index in [-0.39, 0.29) is 10.5 Å². The van der Waals surface area contributed by atoms with Gasteiger partial charge in [-0.2, -0.15) is 0 Å². The summed E-state index contributed by atoms with van der Waals surface area (Å²) in [6.45, 7) is 9.87. The molecule has 152 valence electrons. The number of hydrogen-bond acceptors (Lipinski definition) is 5. The normalized spacial score (nSPS) is 11.9. The molecule has 28 heavy (non-hydrogen) atoms. The molecule has 0 amide bonds. The van der Waals surface area contributed by atoms with Crippen molar-refractivity contribution in [1.29, 1.82) is 0 Å². The number of esters is 1. The van der Waals surface area contributed by atoms with Crippen LogP contribution in [0.5, 0.6) is 0 Å². The number of hydrogen-bond donors (Lipinski definition) is 0. The van der Waals surface area contributed by atoms with Crippen LogP contribution in [-0.2, 0) is 14.8 Å². The minimum absolute atomic E-state index is 0.0872. The van der Waals surface area contributed by atoms with Crippen LogP contribution in [0.15, 0.2) is 46.2 Å². The van der Waals surface area contributed by atoms with Crippen molar-refractivity contribution in [3.05, 3.63) is 58.7 Å². The molecule has 0 fully saturated rings. The van der Waals surface area contributed by atoms with Gasteiger partial charge < -0.3 is 4.74 Å². The molecule has 0 aliphatic rings. The zero-order valence-electron chi connectivity index (χ0n) is 17.1. The monoisotopic (exact) mass is 421 g/mol. The Morgan fingerprint density at radius 1 is 1.14 bits per heavy atom. The fourth-order valence-electron chi connectivity index (χ4n) is 2.73. The van der Waals surface area contributed by atoms with Crippen molar-refractivity contribution >= 4 is 27.9 Å². The number of rotatable bonds is 7. The highest BCUT2D eigenvalue weighted by Crippen LogP contribution is 2.31. The van der Waals surface area contributed by atoms with E-state index in [2.05, 4.69) is 13.8 Å². The van der Waals surface area contributed by atoms with Crippen molar-refractivity contribution in [3.63, 3.8) is 0 Å². The van der Waals surface area contributed by atoms with E-state index < -0.39 is 16.0 Å². The van der Waals surface area contributed by atoms with E-state index >= 15 is 0 Å². The van der Waals surface area contributed by atoms with Gasteiger partial charge in [0.15, 0.2) is 0 Å². The van der Waals surface area contributed by atoms with E-state index in [1.807, 2.05) is 24.3 Å². The van der Waals surface area contributed by atoms with Gasteiger partial charge in [-0.1, -0.05) is 32.9 Å². The van der Waals surface area contributed by atoms with E-state index in [0.717, 1.165) is 10.5 Å². The molecule has 0 heterocycles. The fraction of sp³-hybridized carbons (Fsp3) is 0.381. The Bertz CT molecular complexity index is 951. The third kappa shape index (κ3) is 4.77. The van der Waals surface area contributed by atoms with Gasteiger partial charge in [-0.15, -0.1) is 3.71 Å². The third-order valence-electron chi connectivity index (χ3n) is 4.62. The summed E-state index contributed by atoms with van der Waals surface area (Å²) in [5.74, 6) is -0.130. The Balaban J connectivity index is 2.40. The molecule has 2 rings (SSSR count). The van der Waals surface area contributed by atoms with Crippen molar-refractivity contribution in [1.82, 2.24) is 3.71 Å². The fourth-order valence-corrected chi connectivity index (χ4v) is 5.43. The molecule has 0 aliphatic heterocycles. The molecule has 5 nitrogen and oxygen atoms in total. The summed E-state index contributed by atoms with van der Waals surface area (Å²) < 4.78 is 32.6. The Kier molecular flexibility index (Phi) is 7.31. The maximum atomic E-state index is 13.2. The maximum absolute atomic E-state index is 13.2. The predicted octanol–water partition coefficient (Wildman–Crippen LogP) is 4.93. The first kappa shape index (κ1) is 22.5. The first-order valence-electron chi connectivity index (χ1n) is 9.12. The van der Waals surface area contributed by atoms with Gasteiger partial charge in [-0.25, -0.2) is 13.2 Å². The van der Waals surface area contributed by atoms with Crippen molar-refractivity contribution in [3.8, 4) is 0 Å². The van der Waals surface area contributed by atoms with Crippen LogP contribution < -0.4 is 0 Å². The largest absolute Gasteiger partial charge is 0.465 e. The third-order valence-corrected chi connectivity index (χ3v) is 8.01. The number of ether oxygens (including phenoxy) is 1. The molecule has 0 bridgehead atoms. The van der Waals surface area contributed by atoms with E-state index in [1.165, 1.54) is 34.4 Å². The molecule has 0 aliphatic carbocycles. The van der Waals surface area contributed by atoms with Crippen LogP contribution in [0, 0.1) is 13.8 Å². The lowest BCUT2D eigenvalue weighted by Crippen LogP contribution is -2.25. The highest BCUT2D eigenvalue weighted by molar-refractivity contribution is 8.08. The number of nitrogens with zero attached hydrogens (tertiary/aromatic N) is 1. The number of aryl methyl sites for hydroxylation is 1. The average Bonchev–Trinajstić information content (AvgIpc) is 2.67. The number of carbonyl (C=O) groups is 1. The Hall–Kier alpha value is -1.83. The van der Waals surface area contributed by atoms with Crippen LogP contribution in [0.2, 0.25) is 0 Å². The van der Waals surface area contributed by atoms with E-state index in [0.29, 0.717) is 18.0 Å². The van der Waals surface area contributed by atoms with Crippen molar-refractivity contribution in [2.24, 2.45) is 0 Å². The summed E-state index contributed by atoms with van der Waals surface area (Å²) in [6, 6.07) is 10.9. The molecule has 0 unspecified atom stereocenters. The first-order valence-corrected chi connectivity index (χ1v) is 11.3. The first-order chi connectivity index (χ1) is 13.1. The molecule has 0 aromatic heterocycles. The van der Waals surface area contributed by atoms with Crippen LogP contribution in [0.3, 0.4) is 0 Å². The van der Waals surface area contributed by atoms with Gasteiger partial charge in [0.05, 0.1) is 17.6 Å². The quantitative estimate of drug-likeness (QED) is 0.468. The number of benzene rings is 2. The van der Waals surface area contributed by atoms with E-state index in [9.17, 15) is 13.2 Å². The Morgan fingerprint density at radius 3 is 2.25 bits per heavy atom. The van der Waals surface area contributed by atoms with Crippen LogP contribution in [0.4, 0.5) is 0 Å². The lowest BCUT2D eigenvalue weighted by molar-refractivity contribution is 0.0599. The molecular weight excluding hydrogens is 394 g/mol. The highest BCUT2D eigenvalue weighted by atomic mass is 32.3. The van der Waals surface area contributed by atoms with Crippen molar-refractivity contribution < 1.29 is 17.9 Å². The molecule has 0 spiro atoms. The van der Waals surface area contributed by atoms with Crippen LogP contribution in [0.25, 0.3) is 0 Å². The van der Waals surface area contributed by atoms with Crippen molar-refractivity contribution in [2.75, 3.05) is 13.7 Å². The number of methoxy groups -OCH3 is 1. The predicted molar refractivity (Wildman–Crippen MR) is 113 cm³/mol. The van der Waals surface area contributed by atoms with Gasteiger partial charge in [0.25, 0.3) is 10.0 Å². The molecule has 0 saturated heterocycles. The second-order valence-corrected chi connectivity index (χ2v) is 10.0. The zero-order chi connectivity index (χ0) is 21.1. The molecule has 2 aromatic rings. The van der Waals surface area contributed by atoms with Crippen molar-refractivity contribution in [2.45, 2.75) is 50.3 Å². The Labute approximate surface area is 172 Å². The number of carbonyl (C=O) groups excluding carboxylic acids is 1. The minimum atomic E-state index is -3.79. The summed E-state index contributed by atoms with van der Waals surface area (Å²) in [4.78, 5) is 13.0. The topological polar surface area (TPSA) is 63.7 Å². The van der Waals surface area contributed by atoms with E-state index in [4.69, 9.17) is 4.74 Å². The number of sulfonamides is 1. The standard InChI is InChI=1S/C21H27NO4S2/c1-7-22(27-18-10-8-17(9-11-18)14(2)3)28(24,25)19-12-15(4)16(5)20(13-19)21(23)26-6/h8-14H,7H2,1-6H3. The van der Waals surface area contributed by atoms with Crippen LogP contribution >= 0.6 is 11.9 Å². The lowest BCUT2D eigenvalue weighted by Gasteiger charge is -2.21. The molecule has 7 heteroatoms. The van der Waals surface area contributed by atoms with Gasteiger partial charge in [0.1, 0.15) is 0 Å². The Morgan fingerprint density at radius 2 is 1.75 bits per heavy atom. The molecule has 0 atom stereocenters. The molecular formula is C21H27NO4S2. The zero-order valence-corrected chi connectivity index (χ0v) is 18.8. The summed E-state index contributed by atoms with van der Waals surface area (Å²) in [7, 11) is -2.51. The highest BCUT2D eigenvalue weighted by Gasteiger charge is 2.27. The smallest absolute Gasteiger partial charge is 0.338 e. The van der Waals surface area contributed by atoms with Gasteiger partial charge in [0, 0.05) is 11.4 Å². The molecule has 0 saturated carbocycles. The molecule has 0 N–H and O–H groups in total. The maximum Gasteiger partial charge on any atom is 0.338 e. The summed E-state index contributed by atoms with van der Waals surface area (Å²) in [5.41, 5.74) is 2.91. The van der Waals surface area contributed by atoms with Gasteiger partial charge in [-0.05, 0) is 72.7 Å². The second kappa shape index (κ2) is 9.11. The van der Waals surface area contributed by atoms with Gasteiger partial charge in [-0.3, -0.25) is 0 Å². The summed E-state index contributed by atoms with van der Waals surface area (Å²) in [6.07, 6.45) is 0. The molecule has 2 aromatic carbocycles. The average molecular weight is 422 g/mol. The SMILES string of the molecule is CCN(Sc1ccc(C(C)C)cc1)S(=O)(=O)c1cc(C)c(C)c(C(=O)OC)c1. The summed E-state index contributed by atoms with van der Waals surface area (Å²) >= 11 is 1.17. The van der Waals surface area contributed by atoms with E-state index in [1.54, 1.807) is 26.8 Å². The minimum Gasteiger partial charge on any atom is -0.465 e. The van der Waals surface area contributed by atoms with Gasteiger partial charge in [0.2, 0.25) is 0 Å². The molecule has 0 radical (unpaired) electrons.